The van der Waals surface area contributed by atoms with Crippen molar-refractivity contribution in [2.24, 2.45) is 0 Å². The van der Waals surface area contributed by atoms with E-state index in [9.17, 15) is 13.2 Å². The lowest BCUT2D eigenvalue weighted by Crippen LogP contribution is -2.45. The molecule has 0 aliphatic carbocycles. The molecule has 1 aliphatic heterocycles. The molecule has 3 aromatic rings. The molecular weight excluding hydrogens is 456 g/mol. The van der Waals surface area contributed by atoms with Crippen LogP contribution in [-0.4, -0.2) is 47.2 Å². The summed E-state index contributed by atoms with van der Waals surface area (Å²) in [5.74, 6) is 1.11. The molecule has 0 saturated carbocycles. The normalized spacial score (nSPS) is 14.8. The number of methoxy groups -OCH3 is 1. The topological polar surface area (TPSA) is 94.2 Å². The summed E-state index contributed by atoms with van der Waals surface area (Å²) < 4.78 is 45.0. The number of benzene rings is 3. The van der Waals surface area contributed by atoms with Crippen molar-refractivity contribution in [2.75, 3.05) is 31.1 Å². The van der Waals surface area contributed by atoms with Crippen molar-refractivity contribution in [1.82, 2.24) is 5.32 Å². The van der Waals surface area contributed by atoms with Crippen LogP contribution in [-0.2, 0) is 14.8 Å². The number of hydrogen-bond acceptors (Lipinski definition) is 6. The molecule has 1 amide bonds. The minimum absolute atomic E-state index is 0.0810. The molecule has 4 rings (SSSR count). The van der Waals surface area contributed by atoms with Gasteiger partial charge in [-0.3, -0.25) is 9.10 Å². The maximum Gasteiger partial charge on any atom is 0.264 e. The average molecular weight is 483 g/mol. The SMILES string of the molecule is COc1ccccc1N(CC(=O)NCC1COc2ccccc2O1)S(=O)(=O)c1ccc(C)cc1. The van der Waals surface area contributed by atoms with Gasteiger partial charge in [0.15, 0.2) is 11.5 Å². The van der Waals surface area contributed by atoms with Crippen LogP contribution in [0.25, 0.3) is 0 Å². The van der Waals surface area contributed by atoms with Crippen molar-refractivity contribution in [2.45, 2.75) is 17.9 Å². The molecule has 1 heterocycles. The van der Waals surface area contributed by atoms with E-state index in [2.05, 4.69) is 5.32 Å². The molecule has 3 aromatic carbocycles. The van der Waals surface area contributed by atoms with E-state index >= 15 is 0 Å². The number of amides is 1. The first-order valence-corrected chi connectivity index (χ1v) is 12.2. The molecule has 8 nitrogen and oxygen atoms in total. The molecule has 0 fully saturated rings. The maximum atomic E-state index is 13.5. The Balaban J connectivity index is 1.53. The number of para-hydroxylation sites is 4. The first-order valence-electron chi connectivity index (χ1n) is 10.8. The standard InChI is InChI=1S/C25H26N2O6S/c1-18-11-13-20(14-12-18)34(29,30)27(21-7-3-4-8-22(21)31-2)16-25(28)26-15-19-17-32-23-9-5-6-10-24(23)33-19/h3-14,19H,15-17H2,1-2H3,(H,26,28). The first kappa shape index (κ1) is 23.4. The van der Waals surface area contributed by atoms with Gasteiger partial charge in [-0.1, -0.05) is 42.0 Å². The Morgan fingerprint density at radius 1 is 1.03 bits per heavy atom. The van der Waals surface area contributed by atoms with Crippen molar-refractivity contribution in [3.05, 3.63) is 78.4 Å². The van der Waals surface area contributed by atoms with Gasteiger partial charge in [0.2, 0.25) is 5.91 Å². The highest BCUT2D eigenvalue weighted by molar-refractivity contribution is 7.92. The predicted octanol–water partition coefficient (Wildman–Crippen LogP) is 3.16. The molecule has 178 valence electrons. The molecule has 1 unspecified atom stereocenters. The van der Waals surface area contributed by atoms with E-state index in [0.717, 1.165) is 9.87 Å². The molecule has 1 N–H and O–H groups in total. The lowest BCUT2D eigenvalue weighted by atomic mass is 10.2. The fourth-order valence-corrected chi connectivity index (χ4v) is 4.98. The number of anilines is 1. The van der Waals surface area contributed by atoms with Gasteiger partial charge in [0, 0.05) is 0 Å². The number of nitrogens with zero attached hydrogens (tertiary/aromatic N) is 1. The van der Waals surface area contributed by atoms with Crippen LogP contribution in [0, 0.1) is 6.92 Å². The Kier molecular flexibility index (Phi) is 6.93. The minimum Gasteiger partial charge on any atom is -0.495 e. The van der Waals surface area contributed by atoms with Crippen LogP contribution in [0.2, 0.25) is 0 Å². The van der Waals surface area contributed by atoms with Gasteiger partial charge in [-0.05, 0) is 43.3 Å². The number of fused-ring (bicyclic) bond motifs is 1. The largest absolute Gasteiger partial charge is 0.495 e. The second-order valence-corrected chi connectivity index (χ2v) is 9.66. The van der Waals surface area contributed by atoms with E-state index in [-0.39, 0.29) is 23.7 Å². The molecule has 1 aliphatic rings. The summed E-state index contributed by atoms with van der Waals surface area (Å²) in [4.78, 5) is 13.0. The summed E-state index contributed by atoms with van der Waals surface area (Å²) >= 11 is 0. The zero-order chi connectivity index (χ0) is 24.1. The second-order valence-electron chi connectivity index (χ2n) is 7.80. The molecule has 34 heavy (non-hydrogen) atoms. The molecule has 1 atom stereocenters. The van der Waals surface area contributed by atoms with Crippen molar-refractivity contribution in [3.8, 4) is 17.2 Å². The molecule has 0 aromatic heterocycles. The van der Waals surface area contributed by atoms with Crippen molar-refractivity contribution in [1.29, 1.82) is 0 Å². The summed E-state index contributed by atoms with van der Waals surface area (Å²) in [7, 11) is -2.59. The van der Waals surface area contributed by atoms with Crippen LogP contribution in [0.1, 0.15) is 5.56 Å². The smallest absolute Gasteiger partial charge is 0.264 e. The van der Waals surface area contributed by atoms with Gasteiger partial charge in [-0.2, -0.15) is 0 Å². The number of rotatable bonds is 8. The van der Waals surface area contributed by atoms with E-state index in [1.54, 1.807) is 42.5 Å². The van der Waals surface area contributed by atoms with Gasteiger partial charge < -0.3 is 19.5 Å². The van der Waals surface area contributed by atoms with Gasteiger partial charge in [0.05, 0.1) is 24.2 Å². The van der Waals surface area contributed by atoms with Crippen LogP contribution in [0.3, 0.4) is 0 Å². The molecular formula is C25H26N2O6S. The zero-order valence-corrected chi connectivity index (χ0v) is 19.7. The Labute approximate surface area is 199 Å². The monoisotopic (exact) mass is 482 g/mol. The van der Waals surface area contributed by atoms with Crippen molar-refractivity contribution in [3.63, 3.8) is 0 Å². The van der Waals surface area contributed by atoms with Gasteiger partial charge >= 0.3 is 0 Å². The number of sulfonamides is 1. The summed E-state index contributed by atoms with van der Waals surface area (Å²) in [6, 6.07) is 20.4. The van der Waals surface area contributed by atoms with E-state index in [1.807, 2.05) is 25.1 Å². The number of hydrogen-bond donors (Lipinski definition) is 1. The highest BCUT2D eigenvalue weighted by atomic mass is 32.2. The van der Waals surface area contributed by atoms with Crippen molar-refractivity contribution < 1.29 is 27.4 Å². The van der Waals surface area contributed by atoms with E-state index < -0.39 is 28.6 Å². The second kappa shape index (κ2) is 10.0. The number of carbonyl (C=O) groups excluding carboxylic acids is 1. The Morgan fingerprint density at radius 3 is 2.44 bits per heavy atom. The fraction of sp³-hybridized carbons (Fsp3) is 0.240. The third-order valence-electron chi connectivity index (χ3n) is 5.34. The lowest BCUT2D eigenvalue weighted by molar-refractivity contribution is -0.120. The Hall–Kier alpha value is -3.72. The Bertz CT molecular complexity index is 1260. The van der Waals surface area contributed by atoms with Gasteiger partial charge in [0.25, 0.3) is 10.0 Å². The van der Waals surface area contributed by atoms with E-state index in [4.69, 9.17) is 14.2 Å². The van der Waals surface area contributed by atoms with Crippen LogP contribution in [0.5, 0.6) is 17.2 Å². The summed E-state index contributed by atoms with van der Waals surface area (Å²) in [6.45, 7) is 1.88. The van der Waals surface area contributed by atoms with Crippen molar-refractivity contribution >= 4 is 21.6 Å². The molecule has 0 radical (unpaired) electrons. The summed E-state index contributed by atoms with van der Waals surface area (Å²) in [5.41, 5.74) is 1.20. The molecule has 0 bridgehead atoms. The first-order chi connectivity index (χ1) is 16.4. The van der Waals surface area contributed by atoms with E-state index in [0.29, 0.717) is 17.2 Å². The summed E-state index contributed by atoms with van der Waals surface area (Å²) in [5, 5.41) is 2.76. The fourth-order valence-electron chi connectivity index (χ4n) is 3.55. The predicted molar refractivity (Wildman–Crippen MR) is 128 cm³/mol. The number of ether oxygens (including phenoxy) is 3. The Morgan fingerprint density at radius 2 is 1.71 bits per heavy atom. The van der Waals surface area contributed by atoms with Crippen LogP contribution >= 0.6 is 0 Å². The minimum atomic E-state index is -4.05. The third kappa shape index (κ3) is 5.09. The van der Waals surface area contributed by atoms with Crippen LogP contribution in [0.4, 0.5) is 5.69 Å². The van der Waals surface area contributed by atoms with Gasteiger partial charge in [-0.15, -0.1) is 0 Å². The molecule has 9 heteroatoms. The number of nitrogens with one attached hydrogen (secondary N) is 1. The maximum absolute atomic E-state index is 13.5. The average Bonchev–Trinajstić information content (AvgIpc) is 2.86. The van der Waals surface area contributed by atoms with E-state index in [1.165, 1.54) is 19.2 Å². The third-order valence-corrected chi connectivity index (χ3v) is 7.12. The quantitative estimate of drug-likeness (QED) is 0.530. The van der Waals surface area contributed by atoms with Gasteiger partial charge in [0.1, 0.15) is 25.0 Å². The number of carbonyl (C=O) groups is 1. The summed E-state index contributed by atoms with van der Waals surface area (Å²) in [6.07, 6.45) is -0.396. The number of aryl methyl sites for hydroxylation is 1. The van der Waals surface area contributed by atoms with Crippen LogP contribution in [0.15, 0.2) is 77.7 Å². The zero-order valence-electron chi connectivity index (χ0n) is 18.9. The highest BCUT2D eigenvalue weighted by Crippen LogP contribution is 2.32. The van der Waals surface area contributed by atoms with Crippen LogP contribution < -0.4 is 23.8 Å². The highest BCUT2D eigenvalue weighted by Gasteiger charge is 2.30. The lowest BCUT2D eigenvalue weighted by Gasteiger charge is -2.28. The molecule has 0 saturated heterocycles. The molecule has 0 spiro atoms. The van der Waals surface area contributed by atoms with Gasteiger partial charge in [-0.25, -0.2) is 8.42 Å².